The number of carbonyl (C=O) groups is 1. The van der Waals surface area contributed by atoms with E-state index in [9.17, 15) is 9.59 Å². The van der Waals surface area contributed by atoms with E-state index < -0.39 is 8.32 Å². The second kappa shape index (κ2) is 5.57. The SMILES string of the molecule is CC=C1C[C@@H](CCC(C)(C)[Si](C)(C)O)N(C=O)C1. The number of amides is 1. The second-order valence-electron chi connectivity index (χ2n) is 6.56. The van der Waals surface area contributed by atoms with E-state index in [0.29, 0.717) is 6.04 Å². The van der Waals surface area contributed by atoms with Crippen LogP contribution in [-0.2, 0) is 4.79 Å². The van der Waals surface area contributed by atoms with Gasteiger partial charge in [0.15, 0.2) is 8.32 Å². The van der Waals surface area contributed by atoms with Crippen molar-refractivity contribution in [1.82, 2.24) is 4.90 Å². The Morgan fingerprint density at radius 3 is 2.56 bits per heavy atom. The van der Waals surface area contributed by atoms with Crippen molar-refractivity contribution < 1.29 is 9.59 Å². The third kappa shape index (κ3) is 3.45. The van der Waals surface area contributed by atoms with E-state index in [1.807, 2.05) is 24.9 Å². The molecule has 1 aliphatic rings. The fourth-order valence-electron chi connectivity index (χ4n) is 2.28. The number of nitrogens with zero attached hydrogens (tertiary/aromatic N) is 1. The van der Waals surface area contributed by atoms with Gasteiger partial charge in [-0.2, -0.15) is 0 Å². The van der Waals surface area contributed by atoms with Crippen molar-refractivity contribution in [3.63, 3.8) is 0 Å². The average molecular weight is 269 g/mol. The summed E-state index contributed by atoms with van der Waals surface area (Å²) in [5.74, 6) is 0. The van der Waals surface area contributed by atoms with Gasteiger partial charge in [0.1, 0.15) is 0 Å². The molecule has 1 amide bonds. The van der Waals surface area contributed by atoms with E-state index in [0.717, 1.165) is 32.2 Å². The third-order valence-electron chi connectivity index (χ3n) is 4.65. The summed E-state index contributed by atoms with van der Waals surface area (Å²) in [4.78, 5) is 23.2. The van der Waals surface area contributed by atoms with Gasteiger partial charge in [-0.1, -0.05) is 25.5 Å². The third-order valence-corrected chi connectivity index (χ3v) is 8.22. The summed E-state index contributed by atoms with van der Waals surface area (Å²) in [7, 11) is -2.14. The van der Waals surface area contributed by atoms with Crippen molar-refractivity contribution in [3.05, 3.63) is 11.6 Å². The second-order valence-corrected chi connectivity index (χ2v) is 11.0. The summed E-state index contributed by atoms with van der Waals surface area (Å²) in [5.41, 5.74) is 1.35. The van der Waals surface area contributed by atoms with Crippen LogP contribution < -0.4 is 0 Å². The maximum Gasteiger partial charge on any atom is 0.210 e. The Balaban J connectivity index is 2.61. The number of carbonyl (C=O) groups excluding carboxylic acids is 1. The molecule has 18 heavy (non-hydrogen) atoms. The number of hydrogen-bond donors (Lipinski definition) is 1. The zero-order valence-corrected chi connectivity index (χ0v) is 13.4. The minimum atomic E-state index is -2.14. The zero-order valence-electron chi connectivity index (χ0n) is 12.4. The Hall–Kier alpha value is -0.613. The summed E-state index contributed by atoms with van der Waals surface area (Å²) in [6.07, 6.45) is 6.05. The number of hydrogen-bond acceptors (Lipinski definition) is 2. The van der Waals surface area contributed by atoms with E-state index in [1.54, 1.807) is 0 Å². The lowest BCUT2D eigenvalue weighted by atomic mass is 10.00. The Morgan fingerprint density at radius 2 is 2.11 bits per heavy atom. The van der Waals surface area contributed by atoms with Gasteiger partial charge in [-0.3, -0.25) is 4.79 Å². The molecule has 1 rings (SSSR count). The molecule has 1 N–H and O–H groups in total. The van der Waals surface area contributed by atoms with Crippen LogP contribution in [0.2, 0.25) is 18.1 Å². The van der Waals surface area contributed by atoms with Crippen molar-refractivity contribution in [1.29, 1.82) is 0 Å². The van der Waals surface area contributed by atoms with Crippen molar-refractivity contribution in [3.8, 4) is 0 Å². The van der Waals surface area contributed by atoms with Gasteiger partial charge in [-0.15, -0.1) is 0 Å². The molecule has 0 saturated carbocycles. The molecule has 104 valence electrons. The molecule has 3 nitrogen and oxygen atoms in total. The van der Waals surface area contributed by atoms with Gasteiger partial charge in [-0.25, -0.2) is 0 Å². The Morgan fingerprint density at radius 1 is 1.50 bits per heavy atom. The van der Waals surface area contributed by atoms with Crippen LogP contribution in [0.15, 0.2) is 11.6 Å². The van der Waals surface area contributed by atoms with E-state index in [-0.39, 0.29) is 5.04 Å². The molecule has 1 aliphatic heterocycles. The zero-order chi connectivity index (χ0) is 14.0. The van der Waals surface area contributed by atoms with Gasteiger partial charge < -0.3 is 9.70 Å². The molecule has 0 aromatic rings. The van der Waals surface area contributed by atoms with E-state index >= 15 is 0 Å². The van der Waals surface area contributed by atoms with Crippen molar-refractivity contribution in [2.45, 2.75) is 64.2 Å². The molecule has 1 heterocycles. The summed E-state index contributed by atoms with van der Waals surface area (Å²) in [6, 6.07) is 0.323. The lowest BCUT2D eigenvalue weighted by molar-refractivity contribution is -0.118. The van der Waals surface area contributed by atoms with Crippen LogP contribution >= 0.6 is 0 Å². The van der Waals surface area contributed by atoms with Crippen molar-refractivity contribution in [2.75, 3.05) is 6.54 Å². The molecule has 0 spiro atoms. The van der Waals surface area contributed by atoms with Gasteiger partial charge >= 0.3 is 0 Å². The quantitative estimate of drug-likeness (QED) is 0.473. The predicted molar refractivity (Wildman–Crippen MR) is 77.9 cm³/mol. The smallest absolute Gasteiger partial charge is 0.210 e. The molecule has 1 fully saturated rings. The van der Waals surface area contributed by atoms with Gasteiger partial charge in [0.25, 0.3) is 0 Å². The lowest BCUT2D eigenvalue weighted by Crippen LogP contribution is -2.40. The molecular weight excluding hydrogens is 242 g/mol. The Bertz CT molecular complexity index is 331. The molecule has 0 bridgehead atoms. The maximum absolute atomic E-state index is 11.1. The van der Waals surface area contributed by atoms with Gasteiger partial charge in [0, 0.05) is 12.6 Å². The fraction of sp³-hybridized carbons (Fsp3) is 0.786. The summed E-state index contributed by atoms with van der Waals surface area (Å²) < 4.78 is 0. The Kier molecular flexibility index (Phi) is 4.78. The number of likely N-dealkylation sites (tertiary alicyclic amines) is 1. The van der Waals surface area contributed by atoms with Crippen molar-refractivity contribution in [2.24, 2.45) is 0 Å². The molecule has 0 unspecified atom stereocenters. The molecule has 0 aromatic heterocycles. The van der Waals surface area contributed by atoms with Gasteiger partial charge in [-0.05, 0) is 44.3 Å². The minimum Gasteiger partial charge on any atom is -0.432 e. The number of allylic oxidation sites excluding steroid dienone is 1. The normalized spacial score (nSPS) is 23.8. The lowest BCUT2D eigenvalue weighted by Gasteiger charge is -2.36. The molecule has 1 saturated heterocycles. The first-order valence-electron chi connectivity index (χ1n) is 6.79. The van der Waals surface area contributed by atoms with Crippen LogP contribution in [0.3, 0.4) is 0 Å². The highest BCUT2D eigenvalue weighted by atomic mass is 28.4. The van der Waals surface area contributed by atoms with E-state index in [1.165, 1.54) is 5.57 Å². The average Bonchev–Trinajstić information content (AvgIpc) is 2.67. The first-order valence-corrected chi connectivity index (χ1v) is 9.73. The van der Waals surface area contributed by atoms with Crippen molar-refractivity contribution >= 4 is 14.7 Å². The highest BCUT2D eigenvalue weighted by molar-refractivity contribution is 6.72. The molecule has 4 heteroatoms. The first-order chi connectivity index (χ1) is 8.21. The summed E-state index contributed by atoms with van der Waals surface area (Å²) >= 11 is 0. The van der Waals surface area contributed by atoms with Crippen LogP contribution in [0.1, 0.15) is 40.0 Å². The van der Waals surface area contributed by atoms with Gasteiger partial charge in [0.05, 0.1) is 0 Å². The fourth-order valence-corrected chi connectivity index (χ4v) is 3.04. The van der Waals surface area contributed by atoms with Crippen LogP contribution in [0.4, 0.5) is 0 Å². The molecular formula is C14H27NO2Si. The Labute approximate surface area is 112 Å². The largest absolute Gasteiger partial charge is 0.432 e. The highest BCUT2D eigenvalue weighted by Gasteiger charge is 2.39. The molecule has 0 radical (unpaired) electrons. The monoisotopic (exact) mass is 269 g/mol. The maximum atomic E-state index is 11.1. The van der Waals surface area contributed by atoms with E-state index in [2.05, 4.69) is 19.9 Å². The number of rotatable bonds is 5. The van der Waals surface area contributed by atoms with Gasteiger partial charge in [0.2, 0.25) is 6.41 Å². The molecule has 1 atom stereocenters. The minimum absolute atomic E-state index is 0.000235. The van der Waals surface area contributed by atoms with Crippen LogP contribution in [0.25, 0.3) is 0 Å². The van der Waals surface area contributed by atoms with Crippen LogP contribution in [-0.4, -0.2) is 37.0 Å². The highest BCUT2D eigenvalue weighted by Crippen LogP contribution is 2.41. The molecule has 0 aromatic carbocycles. The first kappa shape index (κ1) is 15.4. The topological polar surface area (TPSA) is 40.5 Å². The molecule has 0 aliphatic carbocycles. The standard InChI is InChI=1S/C14H27NO2Si/c1-6-12-9-13(15(10-12)11-16)7-8-14(2,3)18(4,5)17/h6,11,13,17H,7-10H2,1-5H3/t13-/m1/s1. The van der Waals surface area contributed by atoms with Crippen LogP contribution in [0.5, 0.6) is 0 Å². The summed E-state index contributed by atoms with van der Waals surface area (Å²) in [5, 5.41) is 0.000235. The van der Waals surface area contributed by atoms with Crippen LogP contribution in [0, 0.1) is 0 Å². The predicted octanol–water partition coefficient (Wildman–Crippen LogP) is 2.92. The summed E-state index contributed by atoms with van der Waals surface area (Å²) in [6.45, 7) is 11.1. The van der Waals surface area contributed by atoms with E-state index in [4.69, 9.17) is 0 Å².